The average molecular weight is 377 g/mol. The largest absolute Gasteiger partial charge is 0.486 e. The number of furan rings is 1. The first-order valence-corrected chi connectivity index (χ1v) is 7.83. The normalized spacial score (nSPS) is 10.7. The molecule has 2 aromatic carbocycles. The Bertz CT molecular complexity index is 909. The number of halogens is 3. The molecule has 0 saturated heterocycles. The lowest BCUT2D eigenvalue weighted by Gasteiger charge is -2.10. The highest BCUT2D eigenvalue weighted by molar-refractivity contribution is 6.03. The van der Waals surface area contributed by atoms with Crippen molar-refractivity contribution in [1.82, 2.24) is 0 Å². The molecule has 0 atom stereocenters. The van der Waals surface area contributed by atoms with Crippen LogP contribution in [0.5, 0.6) is 11.5 Å². The number of hydrogen-bond acceptors (Lipinski definition) is 4. The van der Waals surface area contributed by atoms with Crippen molar-refractivity contribution in [1.29, 1.82) is 0 Å². The number of rotatable bonds is 7. The van der Waals surface area contributed by atoms with Gasteiger partial charge in [0.05, 0.1) is 5.69 Å². The molecule has 1 aromatic heterocycles. The maximum atomic E-state index is 12.9. The van der Waals surface area contributed by atoms with Gasteiger partial charge in [-0.05, 0) is 48.5 Å². The van der Waals surface area contributed by atoms with E-state index < -0.39 is 12.5 Å². The van der Waals surface area contributed by atoms with Gasteiger partial charge >= 0.3 is 6.61 Å². The zero-order valence-corrected chi connectivity index (χ0v) is 13.8. The molecule has 8 heteroatoms. The van der Waals surface area contributed by atoms with Crippen LogP contribution in [-0.2, 0) is 6.61 Å². The molecule has 5 nitrogen and oxygen atoms in total. The summed E-state index contributed by atoms with van der Waals surface area (Å²) in [4.78, 5) is 12.2. The van der Waals surface area contributed by atoms with Gasteiger partial charge in [-0.25, -0.2) is 4.39 Å². The van der Waals surface area contributed by atoms with Gasteiger partial charge < -0.3 is 19.2 Å². The number of para-hydroxylation sites is 2. The first kappa shape index (κ1) is 18.4. The molecule has 1 amide bonds. The second-order valence-electron chi connectivity index (χ2n) is 5.34. The minimum Gasteiger partial charge on any atom is -0.486 e. The predicted molar refractivity (Wildman–Crippen MR) is 90.5 cm³/mol. The van der Waals surface area contributed by atoms with Crippen molar-refractivity contribution in [3.8, 4) is 11.5 Å². The zero-order chi connectivity index (χ0) is 19.2. The smallest absolute Gasteiger partial charge is 0.387 e. The van der Waals surface area contributed by atoms with E-state index in [0.29, 0.717) is 11.5 Å². The Labute approximate surface area is 152 Å². The van der Waals surface area contributed by atoms with Crippen LogP contribution in [0.4, 0.5) is 18.9 Å². The second kappa shape index (κ2) is 8.31. The van der Waals surface area contributed by atoms with Gasteiger partial charge in [0.2, 0.25) is 0 Å². The molecule has 27 heavy (non-hydrogen) atoms. The second-order valence-corrected chi connectivity index (χ2v) is 5.34. The number of alkyl halides is 2. The third-order valence-electron chi connectivity index (χ3n) is 3.43. The van der Waals surface area contributed by atoms with Crippen LogP contribution in [0.25, 0.3) is 0 Å². The molecule has 0 aliphatic heterocycles. The molecule has 0 aliphatic rings. The molecule has 0 aliphatic carbocycles. The lowest BCUT2D eigenvalue weighted by molar-refractivity contribution is -0.0493. The number of anilines is 1. The summed E-state index contributed by atoms with van der Waals surface area (Å²) in [6.07, 6.45) is 0. The Balaban J connectivity index is 1.62. The van der Waals surface area contributed by atoms with Crippen LogP contribution in [0, 0.1) is 5.82 Å². The topological polar surface area (TPSA) is 60.7 Å². The van der Waals surface area contributed by atoms with Crippen molar-refractivity contribution in [3.63, 3.8) is 0 Å². The monoisotopic (exact) mass is 377 g/mol. The van der Waals surface area contributed by atoms with Gasteiger partial charge in [-0.15, -0.1) is 0 Å². The third kappa shape index (κ3) is 5.04. The van der Waals surface area contributed by atoms with Crippen LogP contribution in [0.15, 0.2) is 65.1 Å². The lowest BCUT2D eigenvalue weighted by atomic mass is 10.3. The van der Waals surface area contributed by atoms with Crippen LogP contribution < -0.4 is 14.8 Å². The van der Waals surface area contributed by atoms with Crippen LogP contribution in [0.3, 0.4) is 0 Å². The van der Waals surface area contributed by atoms with Crippen molar-refractivity contribution in [2.75, 3.05) is 5.32 Å². The van der Waals surface area contributed by atoms with Crippen LogP contribution in [0.1, 0.15) is 16.3 Å². The number of carbonyl (C=O) groups is 1. The summed E-state index contributed by atoms with van der Waals surface area (Å²) in [6, 6.07) is 14.2. The summed E-state index contributed by atoms with van der Waals surface area (Å²) in [5.74, 6) is -0.394. The van der Waals surface area contributed by atoms with E-state index in [1.807, 2.05) is 0 Å². The zero-order valence-electron chi connectivity index (χ0n) is 13.8. The third-order valence-corrected chi connectivity index (χ3v) is 3.43. The first-order valence-electron chi connectivity index (χ1n) is 7.83. The number of carbonyl (C=O) groups excluding carboxylic acids is 1. The minimum atomic E-state index is -3.01. The summed E-state index contributed by atoms with van der Waals surface area (Å²) in [5.41, 5.74) is 0.0864. The number of ether oxygens (including phenoxy) is 2. The molecule has 0 unspecified atom stereocenters. The molecule has 0 spiro atoms. The summed E-state index contributed by atoms with van der Waals surface area (Å²) >= 11 is 0. The van der Waals surface area contributed by atoms with Crippen LogP contribution in [-0.4, -0.2) is 12.5 Å². The SMILES string of the molecule is O=C(Nc1ccccc1OC(F)F)c1ccc(COc2ccc(F)cc2)o1. The number of nitrogens with one attached hydrogen (secondary N) is 1. The lowest BCUT2D eigenvalue weighted by Crippen LogP contribution is -2.13. The van der Waals surface area contributed by atoms with Crippen LogP contribution in [0.2, 0.25) is 0 Å². The summed E-state index contributed by atoms with van der Waals surface area (Å²) in [6.45, 7) is -2.98. The highest BCUT2D eigenvalue weighted by Gasteiger charge is 2.15. The Kier molecular flexibility index (Phi) is 5.65. The fourth-order valence-corrected chi connectivity index (χ4v) is 2.22. The van der Waals surface area contributed by atoms with Crippen molar-refractivity contribution >= 4 is 11.6 Å². The van der Waals surface area contributed by atoms with Crippen molar-refractivity contribution in [2.24, 2.45) is 0 Å². The van der Waals surface area contributed by atoms with Gasteiger partial charge in [-0.1, -0.05) is 12.1 Å². The van der Waals surface area contributed by atoms with E-state index in [-0.39, 0.29) is 29.6 Å². The van der Waals surface area contributed by atoms with E-state index in [0.717, 1.165) is 0 Å². The van der Waals surface area contributed by atoms with Gasteiger partial charge in [0, 0.05) is 0 Å². The highest BCUT2D eigenvalue weighted by atomic mass is 19.3. The Morgan fingerprint density at radius 1 is 1.04 bits per heavy atom. The molecule has 1 N–H and O–H groups in total. The fraction of sp³-hybridized carbons (Fsp3) is 0.105. The molecule has 3 rings (SSSR count). The molecule has 0 fully saturated rings. The number of amides is 1. The van der Waals surface area contributed by atoms with Gasteiger partial charge in [0.1, 0.15) is 29.7 Å². The maximum absolute atomic E-state index is 12.9. The maximum Gasteiger partial charge on any atom is 0.387 e. The number of hydrogen-bond donors (Lipinski definition) is 1. The molecular formula is C19H14F3NO4. The van der Waals surface area contributed by atoms with Crippen molar-refractivity contribution < 1.29 is 31.9 Å². The molecule has 0 bridgehead atoms. The summed E-state index contributed by atoms with van der Waals surface area (Å²) < 4.78 is 52.9. The highest BCUT2D eigenvalue weighted by Crippen LogP contribution is 2.26. The standard InChI is InChI=1S/C19H14F3NO4/c20-12-5-7-13(8-6-12)25-11-14-9-10-17(26-14)18(24)23-15-3-1-2-4-16(15)27-19(21)22/h1-10,19H,11H2,(H,23,24). The van der Waals surface area contributed by atoms with E-state index in [1.54, 1.807) is 12.1 Å². The fourth-order valence-electron chi connectivity index (χ4n) is 2.22. The minimum absolute atomic E-state index is 0.0282. The van der Waals surface area contributed by atoms with Gasteiger partial charge in [0.15, 0.2) is 5.76 Å². The molecule has 0 radical (unpaired) electrons. The molecule has 3 aromatic rings. The molecular weight excluding hydrogens is 363 g/mol. The average Bonchev–Trinajstić information content (AvgIpc) is 3.12. The van der Waals surface area contributed by atoms with E-state index in [9.17, 15) is 18.0 Å². The quantitative estimate of drug-likeness (QED) is 0.639. The Morgan fingerprint density at radius 3 is 2.52 bits per heavy atom. The van der Waals surface area contributed by atoms with E-state index in [4.69, 9.17) is 9.15 Å². The van der Waals surface area contributed by atoms with E-state index in [1.165, 1.54) is 48.5 Å². The van der Waals surface area contributed by atoms with Crippen LogP contribution >= 0.6 is 0 Å². The molecule has 140 valence electrons. The van der Waals surface area contributed by atoms with Crippen molar-refractivity contribution in [2.45, 2.75) is 13.2 Å². The van der Waals surface area contributed by atoms with Gasteiger partial charge in [-0.3, -0.25) is 4.79 Å². The number of benzene rings is 2. The van der Waals surface area contributed by atoms with Crippen molar-refractivity contribution in [3.05, 3.63) is 78.0 Å². The summed E-state index contributed by atoms with van der Waals surface area (Å²) in [7, 11) is 0. The first-order chi connectivity index (χ1) is 13.0. The molecule has 1 heterocycles. The summed E-state index contributed by atoms with van der Waals surface area (Å²) in [5, 5.41) is 2.45. The Morgan fingerprint density at radius 2 is 1.78 bits per heavy atom. The Hall–Kier alpha value is -3.42. The van der Waals surface area contributed by atoms with E-state index in [2.05, 4.69) is 10.1 Å². The molecule has 0 saturated carbocycles. The van der Waals surface area contributed by atoms with Gasteiger partial charge in [0.25, 0.3) is 5.91 Å². The predicted octanol–water partition coefficient (Wildman–Crippen LogP) is 4.85. The van der Waals surface area contributed by atoms with E-state index >= 15 is 0 Å². The van der Waals surface area contributed by atoms with Gasteiger partial charge in [-0.2, -0.15) is 8.78 Å².